The van der Waals surface area contributed by atoms with Gasteiger partial charge >= 0.3 is 12.1 Å². The normalized spacial score (nSPS) is 12.8. The van der Waals surface area contributed by atoms with Gasteiger partial charge in [0.2, 0.25) is 5.78 Å². The van der Waals surface area contributed by atoms with E-state index in [4.69, 9.17) is 9.84 Å². The van der Waals surface area contributed by atoms with E-state index in [0.717, 1.165) is 24.8 Å². The lowest BCUT2D eigenvalue weighted by Gasteiger charge is -2.21. The Morgan fingerprint density at radius 2 is 1.85 bits per heavy atom. The number of aliphatic hydroxyl groups excluding tert-OH is 1. The van der Waals surface area contributed by atoms with Gasteiger partial charge in [-0.2, -0.15) is 0 Å². The maximum atomic E-state index is 11.9. The van der Waals surface area contributed by atoms with E-state index in [0.29, 0.717) is 6.42 Å². The molecule has 1 unspecified atom stereocenters. The Balaban J connectivity index is 2.55. The van der Waals surface area contributed by atoms with Crippen molar-refractivity contribution in [2.45, 2.75) is 51.7 Å². The van der Waals surface area contributed by atoms with Crippen LogP contribution in [0.4, 0.5) is 4.79 Å². The van der Waals surface area contributed by atoms with Crippen molar-refractivity contribution in [2.75, 3.05) is 6.61 Å². The number of amides is 1. The van der Waals surface area contributed by atoms with Gasteiger partial charge in [-0.15, -0.1) is 0 Å². The summed E-state index contributed by atoms with van der Waals surface area (Å²) in [5, 5.41) is 20.9. The van der Waals surface area contributed by atoms with Gasteiger partial charge in [0, 0.05) is 5.92 Å². The molecule has 0 saturated heterocycles. The van der Waals surface area contributed by atoms with Gasteiger partial charge in [0.05, 0.1) is 12.6 Å². The number of benzene rings is 1. The minimum atomic E-state index is -1.49. The second-order valence-electron chi connectivity index (χ2n) is 6.18. The van der Waals surface area contributed by atoms with Crippen LogP contribution in [0.5, 0.6) is 0 Å². The van der Waals surface area contributed by atoms with Crippen LogP contribution in [0.3, 0.4) is 0 Å². The van der Waals surface area contributed by atoms with Gasteiger partial charge in [0.15, 0.2) is 0 Å². The van der Waals surface area contributed by atoms with E-state index in [1.54, 1.807) is 0 Å². The fraction of sp³-hybridized carbons (Fsp3) is 0.526. The first-order chi connectivity index (χ1) is 12.5. The van der Waals surface area contributed by atoms with E-state index >= 15 is 0 Å². The summed E-state index contributed by atoms with van der Waals surface area (Å²) in [5.74, 6) is -3.13. The first kappa shape index (κ1) is 21.6. The molecule has 1 amide bonds. The Bertz CT molecular complexity index is 575. The summed E-state index contributed by atoms with van der Waals surface area (Å²) in [6.45, 7) is 1.69. The minimum Gasteiger partial charge on any atom is -0.475 e. The smallest absolute Gasteiger partial charge is 0.407 e. The summed E-state index contributed by atoms with van der Waals surface area (Å²) < 4.78 is 5.09. The highest BCUT2D eigenvalue weighted by molar-refractivity contribution is 6.33. The van der Waals surface area contributed by atoms with E-state index in [2.05, 4.69) is 5.32 Å². The number of ether oxygens (including phenoxy) is 1. The van der Waals surface area contributed by atoms with Crippen molar-refractivity contribution in [2.24, 2.45) is 5.92 Å². The number of ketones is 1. The zero-order chi connectivity index (χ0) is 19.4. The van der Waals surface area contributed by atoms with E-state index < -0.39 is 36.4 Å². The molecule has 3 N–H and O–H groups in total. The van der Waals surface area contributed by atoms with Gasteiger partial charge in [-0.3, -0.25) is 4.79 Å². The van der Waals surface area contributed by atoms with Crippen LogP contribution in [0.25, 0.3) is 0 Å². The van der Waals surface area contributed by atoms with E-state index in [9.17, 15) is 19.5 Å². The van der Waals surface area contributed by atoms with Gasteiger partial charge in [0.25, 0.3) is 0 Å². The molecule has 1 rings (SSSR count). The second kappa shape index (κ2) is 12.0. The Morgan fingerprint density at radius 1 is 1.15 bits per heavy atom. The number of rotatable bonds is 12. The Morgan fingerprint density at radius 3 is 2.42 bits per heavy atom. The molecule has 7 heteroatoms. The van der Waals surface area contributed by atoms with Gasteiger partial charge in [-0.1, -0.05) is 56.5 Å². The van der Waals surface area contributed by atoms with Gasteiger partial charge < -0.3 is 20.3 Å². The number of hydrogen-bond acceptors (Lipinski definition) is 5. The number of Topliss-reactive ketones (excluding diaryl/α,β-unsaturated/α-hetero) is 1. The third kappa shape index (κ3) is 8.11. The molecule has 0 radical (unpaired) electrons. The van der Waals surface area contributed by atoms with Crippen LogP contribution < -0.4 is 5.32 Å². The molecule has 7 nitrogen and oxygen atoms in total. The van der Waals surface area contributed by atoms with Crippen molar-refractivity contribution in [1.82, 2.24) is 5.32 Å². The molecule has 0 aliphatic rings. The van der Waals surface area contributed by atoms with Crippen molar-refractivity contribution in [3.63, 3.8) is 0 Å². The standard InChI is InChI=1S/C19H27NO6/c1-2-3-5-10-15(17(22)18(23)24)11-16(12-21)20-19(25)26-13-14-8-6-4-7-9-14/h4,6-9,15-16,21H,2-3,5,10-13H2,1H3,(H,20,25)(H,23,24)/t15?,16-/m0/s1. The summed E-state index contributed by atoms with van der Waals surface area (Å²) in [6, 6.07) is 8.38. The summed E-state index contributed by atoms with van der Waals surface area (Å²) >= 11 is 0. The SMILES string of the molecule is CCCCCC(C[C@@H](CO)NC(=O)OCc1ccccc1)C(=O)C(=O)O. The number of aliphatic carboxylic acids is 1. The maximum absolute atomic E-state index is 11.9. The van der Waals surface area contributed by atoms with Crippen molar-refractivity contribution >= 4 is 17.8 Å². The molecule has 0 saturated carbocycles. The van der Waals surface area contributed by atoms with E-state index in [-0.39, 0.29) is 13.0 Å². The topological polar surface area (TPSA) is 113 Å². The van der Waals surface area contributed by atoms with Crippen LogP contribution in [0.2, 0.25) is 0 Å². The fourth-order valence-electron chi connectivity index (χ4n) is 2.63. The molecule has 144 valence electrons. The molecule has 1 aromatic rings. The average molecular weight is 365 g/mol. The molecule has 1 aromatic carbocycles. The highest BCUT2D eigenvalue weighted by Crippen LogP contribution is 2.18. The van der Waals surface area contributed by atoms with Crippen molar-refractivity contribution in [1.29, 1.82) is 0 Å². The third-order valence-corrected chi connectivity index (χ3v) is 4.06. The molecule has 0 bridgehead atoms. The molecule has 0 aromatic heterocycles. The van der Waals surface area contributed by atoms with Crippen LogP contribution in [0.1, 0.15) is 44.6 Å². The quantitative estimate of drug-likeness (QED) is 0.387. The Hall–Kier alpha value is -2.41. The van der Waals surface area contributed by atoms with Crippen LogP contribution >= 0.6 is 0 Å². The molecule has 0 heterocycles. The third-order valence-electron chi connectivity index (χ3n) is 4.06. The maximum Gasteiger partial charge on any atom is 0.407 e. The molecule has 2 atom stereocenters. The van der Waals surface area contributed by atoms with E-state index in [1.807, 2.05) is 37.3 Å². The highest BCUT2D eigenvalue weighted by atomic mass is 16.5. The van der Waals surface area contributed by atoms with Crippen LogP contribution in [-0.2, 0) is 20.9 Å². The number of carbonyl (C=O) groups is 3. The predicted molar refractivity (Wildman–Crippen MR) is 95.5 cm³/mol. The first-order valence-corrected chi connectivity index (χ1v) is 8.83. The highest BCUT2D eigenvalue weighted by Gasteiger charge is 2.28. The lowest BCUT2D eigenvalue weighted by molar-refractivity contribution is -0.151. The molecule has 0 fully saturated rings. The minimum absolute atomic E-state index is 0.0613. The Labute approximate surface area is 153 Å². The largest absolute Gasteiger partial charge is 0.475 e. The van der Waals surface area contributed by atoms with Crippen LogP contribution in [0.15, 0.2) is 30.3 Å². The monoisotopic (exact) mass is 365 g/mol. The number of unbranched alkanes of at least 4 members (excludes halogenated alkanes) is 2. The van der Waals surface area contributed by atoms with Gasteiger partial charge in [-0.25, -0.2) is 9.59 Å². The number of carbonyl (C=O) groups excluding carboxylic acids is 2. The number of carboxylic acid groups (broad SMARTS) is 1. The summed E-state index contributed by atoms with van der Waals surface area (Å²) in [7, 11) is 0. The van der Waals surface area contributed by atoms with Crippen molar-refractivity contribution in [3.8, 4) is 0 Å². The zero-order valence-corrected chi connectivity index (χ0v) is 15.0. The lowest BCUT2D eigenvalue weighted by Crippen LogP contribution is -2.41. The number of hydrogen-bond donors (Lipinski definition) is 3. The van der Waals surface area contributed by atoms with Gasteiger partial charge in [-0.05, 0) is 18.4 Å². The summed E-state index contributed by atoms with van der Waals surface area (Å²) in [5.41, 5.74) is 0.821. The molecule has 0 aliphatic carbocycles. The number of carboxylic acids is 1. The number of nitrogens with one attached hydrogen (secondary N) is 1. The molecule has 0 spiro atoms. The predicted octanol–water partition coefficient (Wildman–Crippen LogP) is 2.51. The van der Waals surface area contributed by atoms with Crippen LogP contribution in [-0.4, -0.2) is 40.7 Å². The second-order valence-corrected chi connectivity index (χ2v) is 6.18. The fourth-order valence-corrected chi connectivity index (χ4v) is 2.63. The van der Waals surface area contributed by atoms with Crippen molar-refractivity contribution in [3.05, 3.63) is 35.9 Å². The lowest BCUT2D eigenvalue weighted by atomic mass is 9.90. The molecular weight excluding hydrogens is 338 g/mol. The van der Waals surface area contributed by atoms with Gasteiger partial charge in [0.1, 0.15) is 6.61 Å². The summed E-state index contributed by atoms with van der Waals surface area (Å²) in [6.07, 6.45) is 2.31. The van der Waals surface area contributed by atoms with Crippen molar-refractivity contribution < 1.29 is 29.3 Å². The van der Waals surface area contributed by atoms with E-state index in [1.165, 1.54) is 0 Å². The Kier molecular flexibility index (Phi) is 10.0. The first-order valence-electron chi connectivity index (χ1n) is 8.83. The summed E-state index contributed by atoms with van der Waals surface area (Å²) in [4.78, 5) is 34.7. The molecule has 0 aliphatic heterocycles. The zero-order valence-electron chi connectivity index (χ0n) is 15.0. The molecular formula is C19H27NO6. The average Bonchev–Trinajstić information content (AvgIpc) is 2.65. The van der Waals surface area contributed by atoms with Crippen LogP contribution in [0, 0.1) is 5.92 Å². The number of alkyl carbamates (subject to hydrolysis) is 1. The number of aliphatic hydroxyl groups is 1. The molecule has 26 heavy (non-hydrogen) atoms.